The topological polar surface area (TPSA) is 18.5 Å². The van der Waals surface area contributed by atoms with Gasteiger partial charge in [0.2, 0.25) is 0 Å². The van der Waals surface area contributed by atoms with E-state index in [0.717, 1.165) is 11.8 Å². The van der Waals surface area contributed by atoms with Gasteiger partial charge in [0, 0.05) is 14.2 Å². The van der Waals surface area contributed by atoms with Crippen LogP contribution in [0.2, 0.25) is 12.1 Å². The van der Waals surface area contributed by atoms with Crippen LogP contribution < -0.4 is 0 Å². The SMILES string of the molecule is CO[Si](CC1CCC1)(CC1CCC1)OC. The molecule has 3 heteroatoms. The molecule has 0 aromatic rings. The van der Waals surface area contributed by atoms with Crippen molar-refractivity contribution in [2.24, 2.45) is 11.8 Å². The Labute approximate surface area is 94.6 Å². The van der Waals surface area contributed by atoms with Crippen LogP contribution in [-0.2, 0) is 8.85 Å². The molecular formula is C12H24O2Si. The molecule has 0 radical (unpaired) electrons. The zero-order chi connectivity index (χ0) is 10.7. The average molecular weight is 228 g/mol. The van der Waals surface area contributed by atoms with Crippen LogP contribution in [0.4, 0.5) is 0 Å². The summed E-state index contributed by atoms with van der Waals surface area (Å²) >= 11 is 0. The number of rotatable bonds is 6. The normalized spacial score (nSPS) is 23.6. The Balaban J connectivity index is 1.87. The van der Waals surface area contributed by atoms with Gasteiger partial charge in [0.05, 0.1) is 0 Å². The van der Waals surface area contributed by atoms with Gasteiger partial charge in [0.25, 0.3) is 0 Å². The molecule has 0 amide bonds. The Hall–Kier alpha value is 0.137. The van der Waals surface area contributed by atoms with Gasteiger partial charge in [-0.1, -0.05) is 38.5 Å². The van der Waals surface area contributed by atoms with Crippen LogP contribution in [0, 0.1) is 11.8 Å². The molecule has 0 bridgehead atoms. The zero-order valence-corrected chi connectivity index (χ0v) is 11.1. The summed E-state index contributed by atoms with van der Waals surface area (Å²) in [5, 5.41) is 0. The average Bonchev–Trinajstić information content (AvgIpc) is 2.14. The Morgan fingerprint density at radius 2 is 1.27 bits per heavy atom. The summed E-state index contributed by atoms with van der Waals surface area (Å²) in [6, 6.07) is 2.49. The fourth-order valence-electron chi connectivity index (χ4n) is 2.77. The van der Waals surface area contributed by atoms with Gasteiger partial charge >= 0.3 is 8.56 Å². The number of hydrogen-bond acceptors (Lipinski definition) is 2. The first-order valence-electron chi connectivity index (χ1n) is 6.38. The molecule has 2 aliphatic carbocycles. The highest BCUT2D eigenvalue weighted by Gasteiger charge is 2.42. The van der Waals surface area contributed by atoms with E-state index in [0.29, 0.717) is 0 Å². The molecule has 0 N–H and O–H groups in total. The maximum atomic E-state index is 5.82. The first kappa shape index (κ1) is 11.6. The van der Waals surface area contributed by atoms with Crippen molar-refractivity contribution in [3.63, 3.8) is 0 Å². The van der Waals surface area contributed by atoms with Crippen molar-refractivity contribution in [1.29, 1.82) is 0 Å². The van der Waals surface area contributed by atoms with E-state index >= 15 is 0 Å². The van der Waals surface area contributed by atoms with E-state index in [1.54, 1.807) is 0 Å². The molecule has 2 fully saturated rings. The molecule has 0 aliphatic heterocycles. The van der Waals surface area contributed by atoms with Crippen molar-refractivity contribution in [3.05, 3.63) is 0 Å². The summed E-state index contributed by atoms with van der Waals surface area (Å²) in [4.78, 5) is 0. The second-order valence-corrected chi connectivity index (χ2v) is 8.78. The zero-order valence-electron chi connectivity index (χ0n) is 10.1. The largest absolute Gasteiger partial charge is 0.398 e. The van der Waals surface area contributed by atoms with Crippen LogP contribution >= 0.6 is 0 Å². The quantitative estimate of drug-likeness (QED) is 0.649. The van der Waals surface area contributed by atoms with Crippen LogP contribution in [0.1, 0.15) is 38.5 Å². The summed E-state index contributed by atoms with van der Waals surface area (Å²) in [5.74, 6) is 1.83. The predicted octanol–water partition coefficient (Wildman–Crippen LogP) is 3.32. The highest BCUT2D eigenvalue weighted by atomic mass is 28.4. The number of hydrogen-bond donors (Lipinski definition) is 0. The maximum Gasteiger partial charge on any atom is 0.338 e. The minimum atomic E-state index is -1.81. The highest BCUT2D eigenvalue weighted by molar-refractivity contribution is 6.67. The maximum absolute atomic E-state index is 5.82. The highest BCUT2D eigenvalue weighted by Crippen LogP contribution is 2.41. The van der Waals surface area contributed by atoms with E-state index in [1.165, 1.54) is 50.6 Å². The predicted molar refractivity (Wildman–Crippen MR) is 64.1 cm³/mol. The molecule has 15 heavy (non-hydrogen) atoms. The van der Waals surface area contributed by atoms with Gasteiger partial charge in [-0.3, -0.25) is 0 Å². The summed E-state index contributed by atoms with van der Waals surface area (Å²) in [6.07, 6.45) is 8.48. The van der Waals surface area contributed by atoms with Gasteiger partial charge in [-0.05, 0) is 23.9 Å². The molecule has 2 saturated carbocycles. The summed E-state index contributed by atoms with van der Waals surface area (Å²) in [5.41, 5.74) is 0. The van der Waals surface area contributed by atoms with E-state index in [-0.39, 0.29) is 0 Å². The molecule has 0 atom stereocenters. The van der Waals surface area contributed by atoms with Crippen LogP contribution in [0.15, 0.2) is 0 Å². The lowest BCUT2D eigenvalue weighted by atomic mass is 9.87. The summed E-state index contributed by atoms with van der Waals surface area (Å²) in [6.45, 7) is 0. The Morgan fingerprint density at radius 1 is 0.867 bits per heavy atom. The lowest BCUT2D eigenvalue weighted by Gasteiger charge is -2.39. The standard InChI is InChI=1S/C12H24O2Si/c1-13-15(14-2,9-11-5-3-6-11)10-12-7-4-8-12/h11-12H,3-10H2,1-2H3. The van der Waals surface area contributed by atoms with Crippen molar-refractivity contribution in [2.45, 2.75) is 50.6 Å². The summed E-state index contributed by atoms with van der Waals surface area (Å²) < 4.78 is 11.6. The third-order valence-electron chi connectivity index (χ3n) is 4.39. The van der Waals surface area contributed by atoms with Crippen molar-refractivity contribution < 1.29 is 8.85 Å². The second kappa shape index (κ2) is 4.98. The monoisotopic (exact) mass is 228 g/mol. The lowest BCUT2D eigenvalue weighted by Crippen LogP contribution is -2.45. The molecule has 2 rings (SSSR count). The van der Waals surface area contributed by atoms with Gasteiger partial charge in [0.15, 0.2) is 0 Å². The van der Waals surface area contributed by atoms with Gasteiger partial charge in [-0.2, -0.15) is 0 Å². The molecule has 2 nitrogen and oxygen atoms in total. The molecule has 0 aromatic carbocycles. The molecule has 0 spiro atoms. The molecule has 0 aromatic heterocycles. The van der Waals surface area contributed by atoms with Crippen LogP contribution in [0.5, 0.6) is 0 Å². The van der Waals surface area contributed by atoms with E-state index in [4.69, 9.17) is 8.85 Å². The van der Waals surface area contributed by atoms with Gasteiger partial charge in [0.1, 0.15) is 0 Å². The molecule has 0 unspecified atom stereocenters. The summed E-state index contributed by atoms with van der Waals surface area (Å²) in [7, 11) is 1.93. The van der Waals surface area contributed by atoms with Crippen LogP contribution in [0.3, 0.4) is 0 Å². The fraction of sp³-hybridized carbons (Fsp3) is 1.00. The van der Waals surface area contributed by atoms with Crippen molar-refractivity contribution in [2.75, 3.05) is 14.2 Å². The Bertz CT molecular complexity index is 178. The molecule has 2 aliphatic rings. The first-order chi connectivity index (χ1) is 7.28. The molecule has 0 saturated heterocycles. The van der Waals surface area contributed by atoms with E-state index in [9.17, 15) is 0 Å². The van der Waals surface area contributed by atoms with E-state index in [1.807, 2.05) is 14.2 Å². The van der Waals surface area contributed by atoms with Crippen LogP contribution in [0.25, 0.3) is 0 Å². The van der Waals surface area contributed by atoms with E-state index in [2.05, 4.69) is 0 Å². The van der Waals surface area contributed by atoms with Gasteiger partial charge < -0.3 is 8.85 Å². The molecular weight excluding hydrogens is 204 g/mol. The Kier molecular flexibility index (Phi) is 3.86. The van der Waals surface area contributed by atoms with Gasteiger partial charge in [-0.15, -0.1) is 0 Å². The molecule has 0 heterocycles. The van der Waals surface area contributed by atoms with Crippen molar-refractivity contribution >= 4 is 8.56 Å². The Morgan fingerprint density at radius 3 is 1.47 bits per heavy atom. The van der Waals surface area contributed by atoms with Crippen molar-refractivity contribution in [1.82, 2.24) is 0 Å². The first-order valence-corrected chi connectivity index (χ1v) is 8.61. The smallest absolute Gasteiger partial charge is 0.338 e. The second-order valence-electron chi connectivity index (χ2n) is 5.32. The van der Waals surface area contributed by atoms with Gasteiger partial charge in [-0.25, -0.2) is 0 Å². The lowest BCUT2D eigenvalue weighted by molar-refractivity contribution is 0.199. The fourth-order valence-corrected chi connectivity index (χ4v) is 6.35. The van der Waals surface area contributed by atoms with E-state index < -0.39 is 8.56 Å². The molecule has 88 valence electrons. The third kappa shape index (κ3) is 2.63. The van der Waals surface area contributed by atoms with Crippen molar-refractivity contribution in [3.8, 4) is 0 Å². The van der Waals surface area contributed by atoms with Crippen LogP contribution in [-0.4, -0.2) is 22.8 Å². The third-order valence-corrected chi connectivity index (χ3v) is 8.28. The minimum absolute atomic E-state index is 0.914. The minimum Gasteiger partial charge on any atom is -0.398 e.